The van der Waals surface area contributed by atoms with Crippen molar-refractivity contribution in [2.75, 3.05) is 4.90 Å². The molecule has 10 aromatic rings. The van der Waals surface area contributed by atoms with E-state index in [4.69, 9.17) is 0 Å². The minimum Gasteiger partial charge on any atom is -0.310 e. The highest BCUT2D eigenvalue weighted by atomic mass is 32.1. The molecule has 0 aliphatic heterocycles. The summed E-state index contributed by atoms with van der Waals surface area (Å²) in [4.78, 5) is 2.49. The SMILES string of the molecule is C/C=C\C(=C/C)c1ccc2c(c1)-c1ccccc1C21c2ccccc2-c2cc(N(c3ccc(-c4cccc5c4sc4ccccc45)cc3)c3ccc4c(c3)C(C)(C)c3ccccc3-4)ccc21. The van der Waals surface area contributed by atoms with E-state index in [-0.39, 0.29) is 5.41 Å². The summed E-state index contributed by atoms with van der Waals surface area (Å²) in [6.45, 7) is 8.98. The van der Waals surface area contributed by atoms with E-state index < -0.39 is 5.41 Å². The van der Waals surface area contributed by atoms with Gasteiger partial charge >= 0.3 is 0 Å². The van der Waals surface area contributed by atoms with Crippen LogP contribution < -0.4 is 4.90 Å². The molecule has 1 heterocycles. The molecule has 13 rings (SSSR count). The number of allylic oxidation sites excluding steroid dienone is 4. The summed E-state index contributed by atoms with van der Waals surface area (Å²) in [5, 5.41) is 2.64. The highest BCUT2D eigenvalue weighted by molar-refractivity contribution is 7.26. The zero-order valence-electron chi connectivity index (χ0n) is 37.6. The third kappa shape index (κ3) is 5.34. The molecule has 1 aromatic heterocycles. The Hall–Kier alpha value is -7.52. The third-order valence-electron chi connectivity index (χ3n) is 15.0. The second-order valence-corrected chi connectivity index (χ2v) is 19.7. The second kappa shape index (κ2) is 14.5. The number of thiophene rings is 1. The largest absolute Gasteiger partial charge is 0.310 e. The van der Waals surface area contributed by atoms with Gasteiger partial charge in [-0.2, -0.15) is 0 Å². The number of fused-ring (bicyclic) bond motifs is 16. The number of hydrogen-bond donors (Lipinski definition) is 0. The monoisotopic (exact) mass is 861 g/mol. The normalized spacial score (nSPS) is 16.1. The van der Waals surface area contributed by atoms with Crippen molar-refractivity contribution in [3.63, 3.8) is 0 Å². The summed E-state index contributed by atoms with van der Waals surface area (Å²) in [5.41, 5.74) is 23.8. The molecule has 3 aliphatic carbocycles. The van der Waals surface area contributed by atoms with Crippen molar-refractivity contribution >= 4 is 54.1 Å². The average Bonchev–Trinajstić information content (AvgIpc) is 4.05. The van der Waals surface area contributed by atoms with Gasteiger partial charge in [0.15, 0.2) is 0 Å². The molecule has 0 amide bonds. The Balaban J connectivity index is 1.00. The Labute approximate surface area is 391 Å². The first kappa shape index (κ1) is 38.9. The topological polar surface area (TPSA) is 3.24 Å². The Morgan fingerprint density at radius 3 is 1.71 bits per heavy atom. The lowest BCUT2D eigenvalue weighted by molar-refractivity contribution is 0.660. The fourth-order valence-corrected chi connectivity index (χ4v) is 13.3. The van der Waals surface area contributed by atoms with Crippen LogP contribution in [0, 0.1) is 0 Å². The summed E-state index contributed by atoms with van der Waals surface area (Å²) < 4.78 is 2.66. The van der Waals surface area contributed by atoms with Crippen LogP contribution in [0.25, 0.3) is 70.3 Å². The molecular formula is C64H47NS. The molecule has 0 radical (unpaired) electrons. The van der Waals surface area contributed by atoms with Gasteiger partial charge in [-0.1, -0.05) is 178 Å². The standard InChI is InChI=1S/C64H47NS/c1-5-16-40(6-2)42-29-35-58-53(37-42)48-18-8-12-24-56(48)64(58)57-25-13-9-19-49(57)54-38-44(33-36-59(54)64)65(45-32-34-50-47-17-7-11-23-55(47)63(3,4)60(50)39-45)43-30-27-41(28-31-43)46-21-15-22-52-51-20-10-14-26-61(51)66-62(46)52/h5-39H,1-4H3/b16-5-,40-6+. The molecule has 0 N–H and O–H groups in total. The molecule has 0 fully saturated rings. The van der Waals surface area contributed by atoms with Gasteiger partial charge in [0, 0.05) is 42.6 Å². The summed E-state index contributed by atoms with van der Waals surface area (Å²) in [7, 11) is 0. The zero-order valence-corrected chi connectivity index (χ0v) is 38.4. The molecule has 0 bridgehead atoms. The van der Waals surface area contributed by atoms with Crippen LogP contribution >= 0.6 is 11.3 Å². The van der Waals surface area contributed by atoms with Crippen molar-refractivity contribution in [1.29, 1.82) is 0 Å². The van der Waals surface area contributed by atoms with Crippen LogP contribution in [0.4, 0.5) is 17.1 Å². The molecule has 9 aromatic carbocycles. The number of rotatable bonds is 6. The average molecular weight is 862 g/mol. The minimum atomic E-state index is -0.435. The van der Waals surface area contributed by atoms with E-state index in [2.05, 4.69) is 245 Å². The van der Waals surface area contributed by atoms with Crippen molar-refractivity contribution in [2.24, 2.45) is 0 Å². The highest BCUT2D eigenvalue weighted by Crippen LogP contribution is 2.63. The predicted octanol–water partition coefficient (Wildman–Crippen LogP) is 17.8. The van der Waals surface area contributed by atoms with Crippen molar-refractivity contribution in [3.05, 3.63) is 251 Å². The molecule has 1 nitrogen and oxygen atoms in total. The van der Waals surface area contributed by atoms with Gasteiger partial charge in [-0.3, -0.25) is 0 Å². The first-order valence-electron chi connectivity index (χ1n) is 23.2. The van der Waals surface area contributed by atoms with Crippen molar-refractivity contribution in [3.8, 4) is 44.5 Å². The summed E-state index contributed by atoms with van der Waals surface area (Å²) in [6.07, 6.45) is 6.56. The van der Waals surface area contributed by atoms with Crippen LogP contribution in [0.3, 0.4) is 0 Å². The van der Waals surface area contributed by atoms with Gasteiger partial charge in [-0.15, -0.1) is 11.3 Å². The Morgan fingerprint density at radius 1 is 0.439 bits per heavy atom. The second-order valence-electron chi connectivity index (χ2n) is 18.6. The van der Waals surface area contributed by atoms with E-state index in [9.17, 15) is 0 Å². The molecule has 66 heavy (non-hydrogen) atoms. The minimum absolute atomic E-state index is 0.132. The molecule has 0 saturated heterocycles. The maximum Gasteiger partial charge on any atom is 0.0725 e. The number of nitrogens with zero attached hydrogens (tertiary/aromatic N) is 1. The first-order valence-corrected chi connectivity index (χ1v) is 24.0. The molecule has 2 heteroatoms. The molecule has 0 saturated carbocycles. The van der Waals surface area contributed by atoms with Crippen molar-refractivity contribution < 1.29 is 0 Å². The van der Waals surface area contributed by atoms with Crippen LogP contribution in [0.5, 0.6) is 0 Å². The number of benzene rings is 9. The number of anilines is 3. The van der Waals surface area contributed by atoms with Gasteiger partial charge in [-0.05, 0) is 151 Å². The maximum atomic E-state index is 2.49. The van der Waals surface area contributed by atoms with Gasteiger partial charge < -0.3 is 4.90 Å². The summed E-state index contributed by atoms with van der Waals surface area (Å²) in [5.74, 6) is 0. The maximum absolute atomic E-state index is 2.49. The van der Waals surface area contributed by atoms with E-state index >= 15 is 0 Å². The van der Waals surface area contributed by atoms with Crippen LogP contribution in [0.1, 0.15) is 66.6 Å². The Kier molecular flexibility index (Phi) is 8.54. The summed E-state index contributed by atoms with van der Waals surface area (Å²) >= 11 is 1.89. The van der Waals surface area contributed by atoms with Crippen LogP contribution in [0.15, 0.2) is 212 Å². The molecule has 314 valence electrons. The fourth-order valence-electron chi connectivity index (χ4n) is 12.0. The van der Waals surface area contributed by atoms with Crippen LogP contribution in [-0.2, 0) is 10.8 Å². The highest BCUT2D eigenvalue weighted by Gasteiger charge is 2.51. The van der Waals surface area contributed by atoms with Gasteiger partial charge in [-0.25, -0.2) is 0 Å². The summed E-state index contributed by atoms with van der Waals surface area (Å²) in [6, 6.07) is 73.6. The molecule has 1 spiro atoms. The predicted molar refractivity (Wildman–Crippen MR) is 282 cm³/mol. The molecule has 1 atom stereocenters. The number of hydrogen-bond acceptors (Lipinski definition) is 2. The lowest BCUT2D eigenvalue weighted by Crippen LogP contribution is -2.25. The van der Waals surface area contributed by atoms with E-state index in [1.165, 1.54) is 109 Å². The van der Waals surface area contributed by atoms with E-state index in [1.54, 1.807) is 0 Å². The molecule has 3 aliphatic rings. The lowest BCUT2D eigenvalue weighted by Gasteiger charge is -2.31. The smallest absolute Gasteiger partial charge is 0.0725 e. The van der Waals surface area contributed by atoms with Crippen LogP contribution in [0.2, 0.25) is 0 Å². The Bertz CT molecular complexity index is 3710. The van der Waals surface area contributed by atoms with Gasteiger partial charge in [0.2, 0.25) is 0 Å². The lowest BCUT2D eigenvalue weighted by atomic mass is 9.70. The van der Waals surface area contributed by atoms with Gasteiger partial charge in [0.25, 0.3) is 0 Å². The quantitative estimate of drug-likeness (QED) is 0.151. The zero-order chi connectivity index (χ0) is 44.3. The molecular weight excluding hydrogens is 815 g/mol. The van der Waals surface area contributed by atoms with Crippen molar-refractivity contribution in [1.82, 2.24) is 0 Å². The van der Waals surface area contributed by atoms with E-state index in [0.717, 1.165) is 17.1 Å². The first-order chi connectivity index (χ1) is 32.4. The van der Waals surface area contributed by atoms with Gasteiger partial charge in [0.1, 0.15) is 0 Å². The third-order valence-corrected chi connectivity index (χ3v) is 16.2. The van der Waals surface area contributed by atoms with Gasteiger partial charge in [0.05, 0.1) is 5.41 Å². The van der Waals surface area contributed by atoms with Crippen LogP contribution in [-0.4, -0.2) is 0 Å². The fraction of sp³-hybridized carbons (Fsp3) is 0.0938. The van der Waals surface area contributed by atoms with E-state index in [1.807, 2.05) is 11.3 Å². The molecule has 1 unspecified atom stereocenters. The van der Waals surface area contributed by atoms with Crippen molar-refractivity contribution in [2.45, 2.75) is 38.5 Å². The van der Waals surface area contributed by atoms with E-state index in [0.29, 0.717) is 0 Å². The Morgan fingerprint density at radius 2 is 0.985 bits per heavy atom.